The monoisotopic (exact) mass is 480 g/mol. The number of allylic oxidation sites excluding steroid dienone is 1. The van der Waals surface area contributed by atoms with Crippen molar-refractivity contribution in [1.82, 2.24) is 20.4 Å². The molecule has 4 rings (SSSR count). The van der Waals surface area contributed by atoms with Crippen LogP contribution in [0.4, 0.5) is 4.79 Å². The van der Waals surface area contributed by atoms with Gasteiger partial charge < -0.3 is 15.4 Å². The van der Waals surface area contributed by atoms with Gasteiger partial charge in [-0.1, -0.05) is 46.3 Å². The van der Waals surface area contributed by atoms with Crippen molar-refractivity contribution >= 4 is 27.9 Å². The third kappa shape index (κ3) is 4.25. The molecule has 2 N–H and O–H groups in total. The zero-order chi connectivity index (χ0) is 22.0. The standard InChI is InChI=1S/C23H21BrN4O3/c1-3-31-22(29)19-14(2)25-23(30)26-21(19)18-13-28(17-7-5-4-6-8-17)27-20(18)15-9-11-16(24)12-10-15/h4-13,21H,3H2,1-2H3,(H2,25,26,30)/t21-/m1/s1. The summed E-state index contributed by atoms with van der Waals surface area (Å²) in [6, 6.07) is 16.3. The molecule has 0 spiro atoms. The summed E-state index contributed by atoms with van der Waals surface area (Å²) in [6.07, 6.45) is 1.84. The Morgan fingerprint density at radius 3 is 2.55 bits per heavy atom. The van der Waals surface area contributed by atoms with Gasteiger partial charge in [0, 0.05) is 27.5 Å². The minimum Gasteiger partial charge on any atom is -0.463 e. The molecule has 1 aliphatic heterocycles. The Hall–Kier alpha value is -3.39. The van der Waals surface area contributed by atoms with E-state index in [-0.39, 0.29) is 12.6 Å². The molecule has 0 radical (unpaired) electrons. The molecule has 0 fully saturated rings. The highest BCUT2D eigenvalue weighted by Gasteiger charge is 2.35. The van der Waals surface area contributed by atoms with Crippen molar-refractivity contribution in [2.75, 3.05) is 6.61 Å². The molecule has 2 heterocycles. The molecule has 8 heteroatoms. The minimum atomic E-state index is -0.705. The lowest BCUT2D eigenvalue weighted by atomic mass is 9.94. The number of aromatic nitrogens is 2. The lowest BCUT2D eigenvalue weighted by Gasteiger charge is -2.27. The molecule has 1 atom stereocenters. The fourth-order valence-corrected chi connectivity index (χ4v) is 3.81. The number of hydrogen-bond donors (Lipinski definition) is 2. The van der Waals surface area contributed by atoms with Gasteiger partial charge in [-0.05, 0) is 38.1 Å². The number of benzene rings is 2. The van der Waals surface area contributed by atoms with E-state index in [0.717, 1.165) is 15.7 Å². The maximum absolute atomic E-state index is 12.8. The van der Waals surface area contributed by atoms with Crippen LogP contribution in [0.15, 0.2) is 76.5 Å². The fourth-order valence-electron chi connectivity index (χ4n) is 3.55. The molecule has 7 nitrogen and oxygen atoms in total. The number of urea groups is 1. The number of nitrogens with zero attached hydrogens (tertiary/aromatic N) is 2. The Morgan fingerprint density at radius 1 is 1.16 bits per heavy atom. The van der Waals surface area contributed by atoms with Crippen molar-refractivity contribution in [1.29, 1.82) is 0 Å². The van der Waals surface area contributed by atoms with Crippen molar-refractivity contribution in [2.45, 2.75) is 19.9 Å². The van der Waals surface area contributed by atoms with Crippen LogP contribution in [-0.2, 0) is 9.53 Å². The van der Waals surface area contributed by atoms with Gasteiger partial charge in [0.1, 0.15) is 0 Å². The molecule has 1 aliphatic rings. The van der Waals surface area contributed by atoms with E-state index >= 15 is 0 Å². The van der Waals surface area contributed by atoms with Gasteiger partial charge >= 0.3 is 12.0 Å². The van der Waals surface area contributed by atoms with Gasteiger partial charge in [-0.15, -0.1) is 0 Å². The van der Waals surface area contributed by atoms with E-state index in [4.69, 9.17) is 9.84 Å². The quantitative estimate of drug-likeness (QED) is 0.526. The van der Waals surface area contributed by atoms with Crippen LogP contribution in [0.5, 0.6) is 0 Å². The maximum Gasteiger partial charge on any atom is 0.338 e. The van der Waals surface area contributed by atoms with Crippen LogP contribution in [0.25, 0.3) is 16.9 Å². The highest BCUT2D eigenvalue weighted by atomic mass is 79.9. The van der Waals surface area contributed by atoms with Gasteiger partial charge in [0.15, 0.2) is 0 Å². The zero-order valence-corrected chi connectivity index (χ0v) is 18.6. The molecular formula is C23H21BrN4O3. The van der Waals surface area contributed by atoms with Crippen LogP contribution < -0.4 is 10.6 Å². The van der Waals surface area contributed by atoms with Crippen molar-refractivity contribution in [3.63, 3.8) is 0 Å². The van der Waals surface area contributed by atoms with Crippen LogP contribution >= 0.6 is 15.9 Å². The summed E-state index contributed by atoms with van der Waals surface area (Å²) < 4.78 is 7.96. The molecule has 3 aromatic rings. The Balaban J connectivity index is 1.90. The van der Waals surface area contributed by atoms with E-state index in [2.05, 4.69) is 26.6 Å². The van der Waals surface area contributed by atoms with Crippen molar-refractivity contribution in [3.8, 4) is 16.9 Å². The van der Waals surface area contributed by atoms with Gasteiger partial charge in [-0.2, -0.15) is 5.10 Å². The maximum atomic E-state index is 12.8. The molecule has 0 aliphatic carbocycles. The number of carbonyl (C=O) groups is 2. The Morgan fingerprint density at radius 2 is 1.87 bits per heavy atom. The number of esters is 1. The largest absolute Gasteiger partial charge is 0.463 e. The van der Waals surface area contributed by atoms with Crippen molar-refractivity contribution < 1.29 is 14.3 Å². The van der Waals surface area contributed by atoms with Gasteiger partial charge in [0.2, 0.25) is 0 Å². The summed E-state index contributed by atoms with van der Waals surface area (Å²) in [5.74, 6) is -0.480. The molecule has 2 aromatic carbocycles. The van der Waals surface area contributed by atoms with Crippen LogP contribution in [0.1, 0.15) is 25.5 Å². The molecule has 1 aromatic heterocycles. The van der Waals surface area contributed by atoms with Crippen LogP contribution in [0.2, 0.25) is 0 Å². The number of rotatable bonds is 5. The van der Waals surface area contributed by atoms with E-state index in [1.165, 1.54) is 0 Å². The van der Waals surface area contributed by atoms with Crippen LogP contribution in [0.3, 0.4) is 0 Å². The smallest absolute Gasteiger partial charge is 0.338 e. The Labute approximate surface area is 188 Å². The minimum absolute atomic E-state index is 0.235. The first-order chi connectivity index (χ1) is 15.0. The number of para-hydroxylation sites is 1. The van der Waals surface area contributed by atoms with Crippen LogP contribution in [0, 0.1) is 0 Å². The SMILES string of the molecule is CCOC(=O)C1=C(C)NC(=O)N[C@@H]1c1cn(-c2ccccc2)nc1-c1ccc(Br)cc1. The second-order valence-corrected chi connectivity index (χ2v) is 7.93. The van der Waals surface area contributed by atoms with E-state index in [0.29, 0.717) is 22.5 Å². The van der Waals surface area contributed by atoms with Gasteiger partial charge in [-0.25, -0.2) is 14.3 Å². The van der Waals surface area contributed by atoms with E-state index < -0.39 is 12.0 Å². The average molecular weight is 481 g/mol. The Kier molecular flexibility index (Phi) is 5.90. The molecule has 0 saturated carbocycles. The highest BCUT2D eigenvalue weighted by molar-refractivity contribution is 9.10. The van der Waals surface area contributed by atoms with Crippen LogP contribution in [-0.4, -0.2) is 28.4 Å². The molecule has 2 amide bonds. The second-order valence-electron chi connectivity index (χ2n) is 7.01. The predicted octanol–water partition coefficient (Wildman–Crippen LogP) is 4.49. The first-order valence-corrected chi connectivity index (χ1v) is 10.6. The van der Waals surface area contributed by atoms with Gasteiger partial charge in [-0.3, -0.25) is 0 Å². The van der Waals surface area contributed by atoms with E-state index in [1.54, 1.807) is 18.5 Å². The predicted molar refractivity (Wildman–Crippen MR) is 120 cm³/mol. The number of hydrogen-bond acceptors (Lipinski definition) is 4. The molecule has 0 unspecified atom stereocenters. The third-order valence-electron chi connectivity index (χ3n) is 4.96. The van der Waals surface area contributed by atoms with E-state index in [9.17, 15) is 9.59 Å². The topological polar surface area (TPSA) is 85.2 Å². The number of nitrogens with one attached hydrogen (secondary N) is 2. The summed E-state index contributed by atoms with van der Waals surface area (Å²) in [7, 11) is 0. The molecule has 0 saturated heterocycles. The van der Waals surface area contributed by atoms with E-state index in [1.807, 2.05) is 60.8 Å². The first-order valence-electron chi connectivity index (χ1n) is 9.84. The average Bonchev–Trinajstić information content (AvgIpc) is 3.20. The van der Waals surface area contributed by atoms with Crippen molar-refractivity contribution in [3.05, 3.63) is 82.1 Å². The third-order valence-corrected chi connectivity index (χ3v) is 5.49. The summed E-state index contributed by atoms with van der Waals surface area (Å²) >= 11 is 3.46. The molecule has 31 heavy (non-hydrogen) atoms. The lowest BCUT2D eigenvalue weighted by Crippen LogP contribution is -2.45. The number of halogens is 1. The molecular weight excluding hydrogens is 460 g/mol. The first kappa shape index (κ1) is 20.9. The second kappa shape index (κ2) is 8.77. The number of carbonyl (C=O) groups excluding carboxylic acids is 2. The summed E-state index contributed by atoms with van der Waals surface area (Å²) in [5, 5.41) is 10.3. The number of amides is 2. The molecule has 158 valence electrons. The zero-order valence-electron chi connectivity index (χ0n) is 17.1. The Bertz CT molecular complexity index is 1150. The summed E-state index contributed by atoms with van der Waals surface area (Å²) in [6.45, 7) is 3.68. The summed E-state index contributed by atoms with van der Waals surface area (Å²) in [4.78, 5) is 25.1. The lowest BCUT2D eigenvalue weighted by molar-refractivity contribution is -0.139. The summed E-state index contributed by atoms with van der Waals surface area (Å²) in [5.41, 5.74) is 3.91. The molecule has 0 bridgehead atoms. The van der Waals surface area contributed by atoms with Gasteiger partial charge in [0.05, 0.1) is 29.6 Å². The van der Waals surface area contributed by atoms with Crippen molar-refractivity contribution in [2.24, 2.45) is 0 Å². The highest BCUT2D eigenvalue weighted by Crippen LogP contribution is 2.35. The van der Waals surface area contributed by atoms with Gasteiger partial charge in [0.25, 0.3) is 0 Å². The fraction of sp³-hybridized carbons (Fsp3) is 0.174. The normalized spacial score (nSPS) is 16.0. The number of ether oxygens (including phenoxy) is 1.